The van der Waals surface area contributed by atoms with Crippen LogP contribution in [0.4, 0.5) is 0 Å². The maximum Gasteiger partial charge on any atom is 0.337 e. The van der Waals surface area contributed by atoms with Crippen LogP contribution in [0.25, 0.3) is 0 Å². The van der Waals surface area contributed by atoms with Gasteiger partial charge in [0.25, 0.3) is 0 Å². The van der Waals surface area contributed by atoms with Gasteiger partial charge in [-0.1, -0.05) is 0 Å². The topological polar surface area (TPSA) is 212 Å². The molecule has 1 aliphatic carbocycles. The summed E-state index contributed by atoms with van der Waals surface area (Å²) < 4.78 is 55.5. The maximum atomic E-state index is 12.7. The lowest BCUT2D eigenvalue weighted by Gasteiger charge is -2.47. The molecule has 0 spiro atoms. The van der Waals surface area contributed by atoms with Gasteiger partial charge in [0.05, 0.1) is 24.9 Å². The summed E-state index contributed by atoms with van der Waals surface area (Å²) in [5.74, 6) is -7.13. The van der Waals surface area contributed by atoms with E-state index in [-0.39, 0.29) is 18.4 Å². The van der Waals surface area contributed by atoms with Crippen LogP contribution < -0.4 is 0 Å². The van der Waals surface area contributed by atoms with Gasteiger partial charge >= 0.3 is 41.8 Å². The number of ether oxygens (including phenoxy) is 10. The van der Waals surface area contributed by atoms with Crippen molar-refractivity contribution >= 4 is 41.8 Å². The second-order valence-electron chi connectivity index (χ2n) is 10.9. The van der Waals surface area contributed by atoms with Crippen LogP contribution in [0.5, 0.6) is 0 Å². The molecule has 2 heterocycles. The number of rotatable bonds is 11. The van der Waals surface area contributed by atoms with Crippen molar-refractivity contribution in [2.45, 2.75) is 97.0 Å². The summed E-state index contributed by atoms with van der Waals surface area (Å²) in [5.41, 5.74) is -1.48. The fourth-order valence-electron chi connectivity index (χ4n) is 5.90. The van der Waals surface area contributed by atoms with E-state index in [2.05, 4.69) is 0 Å². The van der Waals surface area contributed by atoms with Crippen molar-refractivity contribution in [3.63, 3.8) is 0 Å². The van der Waals surface area contributed by atoms with Crippen molar-refractivity contribution in [2.75, 3.05) is 20.3 Å². The van der Waals surface area contributed by atoms with Crippen molar-refractivity contribution in [2.24, 2.45) is 11.8 Å². The van der Waals surface area contributed by atoms with E-state index < -0.39 is 109 Å². The van der Waals surface area contributed by atoms with E-state index in [1.807, 2.05) is 0 Å². The van der Waals surface area contributed by atoms with Crippen LogP contribution in [0.2, 0.25) is 0 Å². The lowest BCUT2D eigenvalue weighted by atomic mass is 9.80. The number of fused-ring (bicyclic) bond motifs is 1. The molecule has 0 aromatic carbocycles. The fourth-order valence-corrected chi connectivity index (χ4v) is 5.90. The quantitative estimate of drug-likeness (QED) is 0.217. The highest BCUT2D eigenvalue weighted by molar-refractivity contribution is 5.89. The molecule has 3 aliphatic rings. The molecule has 1 saturated carbocycles. The van der Waals surface area contributed by atoms with Crippen molar-refractivity contribution in [3.05, 3.63) is 11.8 Å². The van der Waals surface area contributed by atoms with Crippen LogP contribution in [0.1, 0.15) is 54.4 Å². The van der Waals surface area contributed by atoms with E-state index in [1.54, 1.807) is 0 Å². The van der Waals surface area contributed by atoms with Crippen LogP contribution in [-0.2, 0) is 80.9 Å². The standard InChI is InChI=1S/C29H38O17/c1-13(30)38-11-21-23(41-15(3)32)24(42-16(4)33)25(43-17(5)34)28(44-21)45-27-22-19(20(10-39-27)26(36)37-7)8-9-29(22,46-18(6)35)12-40-14(2)31/h10,19,21-25,27-28H,8-9,11-12H2,1-7H3/t19-,21+,22-,23+,24-,25+,27+,28-,29-/m1/s1. The van der Waals surface area contributed by atoms with E-state index in [0.29, 0.717) is 0 Å². The lowest BCUT2D eigenvalue weighted by Crippen LogP contribution is -2.64. The molecule has 0 N–H and O–H groups in total. The Bertz CT molecular complexity index is 1240. The first-order valence-electron chi connectivity index (χ1n) is 14.3. The monoisotopic (exact) mass is 658 g/mol. The number of hydrogen-bond acceptors (Lipinski definition) is 17. The summed E-state index contributed by atoms with van der Waals surface area (Å²) in [6.07, 6.45) is -7.55. The van der Waals surface area contributed by atoms with Gasteiger partial charge in [-0.05, 0) is 12.8 Å². The number of methoxy groups -OCH3 is 1. The van der Waals surface area contributed by atoms with E-state index in [1.165, 1.54) is 7.11 Å². The first-order valence-corrected chi connectivity index (χ1v) is 14.3. The number of hydrogen-bond donors (Lipinski definition) is 0. The molecule has 2 aliphatic heterocycles. The van der Waals surface area contributed by atoms with E-state index in [0.717, 1.165) is 47.8 Å². The first kappa shape index (κ1) is 36.2. The number of carbonyl (C=O) groups is 7. The Kier molecular flexibility index (Phi) is 12.1. The maximum absolute atomic E-state index is 12.7. The van der Waals surface area contributed by atoms with Gasteiger partial charge in [0.2, 0.25) is 12.6 Å². The number of esters is 7. The minimum atomic E-state index is -1.66. The van der Waals surface area contributed by atoms with Gasteiger partial charge in [0.1, 0.15) is 19.3 Å². The molecule has 1 saturated heterocycles. The molecule has 9 atom stereocenters. The molecular weight excluding hydrogens is 620 g/mol. The van der Waals surface area contributed by atoms with Crippen LogP contribution >= 0.6 is 0 Å². The van der Waals surface area contributed by atoms with Gasteiger partial charge in [0, 0.05) is 47.5 Å². The third-order valence-corrected chi connectivity index (χ3v) is 7.45. The highest BCUT2D eigenvalue weighted by atomic mass is 16.8. The predicted octanol–water partition coefficient (Wildman–Crippen LogP) is 0.391. The molecule has 0 aromatic rings. The second-order valence-corrected chi connectivity index (χ2v) is 10.9. The molecule has 0 bridgehead atoms. The number of carbonyl (C=O) groups excluding carboxylic acids is 7. The smallest absolute Gasteiger partial charge is 0.337 e. The van der Waals surface area contributed by atoms with Crippen molar-refractivity contribution in [3.8, 4) is 0 Å². The Balaban J connectivity index is 2.12. The lowest BCUT2D eigenvalue weighted by molar-refractivity contribution is -0.349. The van der Waals surface area contributed by atoms with Crippen molar-refractivity contribution in [1.29, 1.82) is 0 Å². The largest absolute Gasteiger partial charge is 0.471 e. The van der Waals surface area contributed by atoms with Gasteiger partial charge in [-0.3, -0.25) is 28.8 Å². The first-order chi connectivity index (χ1) is 21.6. The molecule has 0 radical (unpaired) electrons. The third kappa shape index (κ3) is 8.72. The van der Waals surface area contributed by atoms with Crippen molar-refractivity contribution < 1.29 is 80.9 Å². The SMILES string of the molecule is COC(=O)C1=CO[C@@H](O[C@H]2O[C@@H](COC(C)=O)[C@H](OC(C)=O)[C@@H](OC(C)=O)[C@@H]2OC(C)=O)[C@H]2[C@@H]1CC[C@]2(COC(C)=O)OC(C)=O. The van der Waals surface area contributed by atoms with E-state index >= 15 is 0 Å². The molecule has 2 fully saturated rings. The minimum absolute atomic E-state index is 0.0887. The van der Waals surface area contributed by atoms with Gasteiger partial charge in [0.15, 0.2) is 23.9 Å². The minimum Gasteiger partial charge on any atom is -0.471 e. The van der Waals surface area contributed by atoms with Gasteiger partial charge in [-0.15, -0.1) is 0 Å². The van der Waals surface area contributed by atoms with E-state index in [4.69, 9.17) is 47.4 Å². The molecule has 17 heteroatoms. The molecule has 0 amide bonds. The molecule has 256 valence electrons. The van der Waals surface area contributed by atoms with Gasteiger partial charge < -0.3 is 47.4 Å². The normalized spacial score (nSPS) is 31.5. The van der Waals surface area contributed by atoms with Crippen LogP contribution in [0, 0.1) is 11.8 Å². The van der Waals surface area contributed by atoms with Crippen LogP contribution in [0.3, 0.4) is 0 Å². The Labute approximate surface area is 264 Å². The molecule has 0 aromatic heterocycles. The van der Waals surface area contributed by atoms with Crippen molar-refractivity contribution in [1.82, 2.24) is 0 Å². The Morgan fingerprint density at radius 2 is 1.35 bits per heavy atom. The van der Waals surface area contributed by atoms with Crippen LogP contribution in [0.15, 0.2) is 11.8 Å². The summed E-state index contributed by atoms with van der Waals surface area (Å²) in [4.78, 5) is 85.1. The molecular formula is C29H38O17. The predicted molar refractivity (Wildman–Crippen MR) is 145 cm³/mol. The zero-order valence-corrected chi connectivity index (χ0v) is 26.5. The van der Waals surface area contributed by atoms with Gasteiger partial charge in [-0.2, -0.15) is 0 Å². The zero-order chi connectivity index (χ0) is 34.3. The summed E-state index contributed by atoms with van der Waals surface area (Å²) in [5, 5.41) is 0. The Morgan fingerprint density at radius 3 is 1.89 bits per heavy atom. The summed E-state index contributed by atoms with van der Waals surface area (Å²) in [7, 11) is 1.17. The average molecular weight is 659 g/mol. The Morgan fingerprint density at radius 1 is 0.761 bits per heavy atom. The third-order valence-electron chi connectivity index (χ3n) is 7.45. The molecule has 0 unspecified atom stereocenters. The summed E-state index contributed by atoms with van der Waals surface area (Å²) in [6, 6.07) is 0. The summed E-state index contributed by atoms with van der Waals surface area (Å²) >= 11 is 0. The molecule has 3 rings (SSSR count). The second kappa shape index (κ2) is 15.4. The fraction of sp³-hybridized carbons (Fsp3) is 0.690. The Hall–Kier alpha value is -4.25. The highest BCUT2D eigenvalue weighted by Crippen LogP contribution is 2.52. The van der Waals surface area contributed by atoms with Gasteiger partial charge in [-0.25, -0.2) is 4.79 Å². The molecule has 17 nitrogen and oxygen atoms in total. The van der Waals surface area contributed by atoms with E-state index in [9.17, 15) is 33.6 Å². The summed E-state index contributed by atoms with van der Waals surface area (Å²) in [6.45, 7) is 5.71. The molecule has 46 heavy (non-hydrogen) atoms. The average Bonchev–Trinajstić information content (AvgIpc) is 3.32. The highest BCUT2D eigenvalue weighted by Gasteiger charge is 2.62. The van der Waals surface area contributed by atoms with Crippen LogP contribution in [-0.4, -0.2) is 105 Å². The zero-order valence-electron chi connectivity index (χ0n) is 26.5.